The molecule has 1 fully saturated rings. The van der Waals surface area contributed by atoms with Crippen LogP contribution < -0.4 is 4.72 Å². The Kier molecular flexibility index (Phi) is 5.09. The number of nitrogens with one attached hydrogen (secondary N) is 1. The van der Waals surface area contributed by atoms with Gasteiger partial charge in [0.05, 0.1) is 11.3 Å². The van der Waals surface area contributed by atoms with Gasteiger partial charge in [-0.05, 0) is 32.3 Å². The highest BCUT2D eigenvalue weighted by atomic mass is 35.5. The van der Waals surface area contributed by atoms with E-state index in [2.05, 4.69) is 4.72 Å². The number of piperidine rings is 1. The first-order valence-electron chi connectivity index (χ1n) is 8.21. The number of furan rings is 1. The van der Waals surface area contributed by atoms with Crippen LogP contribution in [0, 0.1) is 6.92 Å². The lowest BCUT2D eigenvalue weighted by atomic mass is 10.0. The van der Waals surface area contributed by atoms with Gasteiger partial charge in [-0.3, -0.25) is 4.79 Å². The summed E-state index contributed by atoms with van der Waals surface area (Å²) in [6.07, 6.45) is 3.73. The van der Waals surface area contributed by atoms with Crippen LogP contribution in [0.4, 0.5) is 0 Å². The van der Waals surface area contributed by atoms with Crippen LogP contribution in [-0.4, -0.2) is 44.6 Å². The molecule has 0 spiro atoms. The second-order valence-corrected chi connectivity index (χ2v) is 8.68. The number of amides is 1. The van der Waals surface area contributed by atoms with E-state index in [1.807, 2.05) is 19.1 Å². The molecular weight excluding hydrogens is 364 g/mol. The highest BCUT2D eigenvalue weighted by Gasteiger charge is 2.31. The maximum Gasteiger partial charge on any atom is 0.290 e. The molecule has 1 aromatic heterocycles. The van der Waals surface area contributed by atoms with E-state index in [0.29, 0.717) is 17.2 Å². The lowest BCUT2D eigenvalue weighted by Crippen LogP contribution is -2.49. The number of nitrogens with zero attached hydrogens (tertiary/aromatic N) is 1. The van der Waals surface area contributed by atoms with Gasteiger partial charge < -0.3 is 9.32 Å². The Hall–Kier alpha value is -1.57. The molecule has 1 aliphatic heterocycles. The fraction of sp³-hybridized carbons (Fsp3) is 0.471. The van der Waals surface area contributed by atoms with E-state index in [1.165, 1.54) is 0 Å². The minimum atomic E-state index is -3.30. The number of hydrogen-bond donors (Lipinski definition) is 1. The molecule has 1 saturated heterocycles. The third-order valence-corrected chi connectivity index (χ3v) is 5.57. The van der Waals surface area contributed by atoms with Crippen molar-refractivity contribution < 1.29 is 17.6 Å². The molecule has 1 aliphatic rings. The molecule has 2 aromatic rings. The lowest BCUT2D eigenvalue weighted by Gasteiger charge is -2.35. The summed E-state index contributed by atoms with van der Waals surface area (Å²) < 4.78 is 31.0. The van der Waals surface area contributed by atoms with E-state index in [1.54, 1.807) is 11.0 Å². The van der Waals surface area contributed by atoms with Gasteiger partial charge in [-0.1, -0.05) is 23.7 Å². The molecule has 25 heavy (non-hydrogen) atoms. The van der Waals surface area contributed by atoms with E-state index >= 15 is 0 Å². The van der Waals surface area contributed by atoms with Gasteiger partial charge in [0, 0.05) is 30.1 Å². The number of benzene rings is 1. The van der Waals surface area contributed by atoms with Crippen LogP contribution >= 0.6 is 11.6 Å². The first-order chi connectivity index (χ1) is 11.8. The highest BCUT2D eigenvalue weighted by Crippen LogP contribution is 2.32. The Morgan fingerprint density at radius 2 is 2.16 bits per heavy atom. The maximum absolute atomic E-state index is 13.0. The molecule has 6 nitrogen and oxygen atoms in total. The van der Waals surface area contributed by atoms with E-state index < -0.39 is 10.0 Å². The molecule has 1 unspecified atom stereocenters. The molecule has 1 N–H and O–H groups in total. The van der Waals surface area contributed by atoms with Crippen molar-refractivity contribution in [2.24, 2.45) is 0 Å². The van der Waals surface area contributed by atoms with Crippen LogP contribution in [0.3, 0.4) is 0 Å². The van der Waals surface area contributed by atoms with Gasteiger partial charge in [-0.15, -0.1) is 0 Å². The summed E-state index contributed by atoms with van der Waals surface area (Å²) in [6.45, 7) is 2.63. The average molecular weight is 385 g/mol. The molecular formula is C17H21ClN2O4S. The SMILES string of the molecule is Cc1c(C(=O)N2CCCCC2CNS(C)(=O)=O)oc2c(Cl)cccc12. The molecule has 136 valence electrons. The molecule has 1 amide bonds. The van der Waals surface area contributed by atoms with E-state index in [-0.39, 0.29) is 24.3 Å². The van der Waals surface area contributed by atoms with Crippen LogP contribution in [0.2, 0.25) is 5.02 Å². The Morgan fingerprint density at radius 3 is 2.84 bits per heavy atom. The summed E-state index contributed by atoms with van der Waals surface area (Å²) in [7, 11) is -3.30. The predicted octanol–water partition coefficient (Wildman–Crippen LogP) is 2.94. The molecule has 2 heterocycles. The number of fused-ring (bicyclic) bond motifs is 1. The lowest BCUT2D eigenvalue weighted by molar-refractivity contribution is 0.0587. The zero-order chi connectivity index (χ0) is 18.2. The first-order valence-corrected chi connectivity index (χ1v) is 10.5. The van der Waals surface area contributed by atoms with Gasteiger partial charge in [-0.2, -0.15) is 0 Å². The molecule has 0 aliphatic carbocycles. The number of carbonyl (C=O) groups is 1. The van der Waals surface area contributed by atoms with Crippen molar-refractivity contribution in [2.75, 3.05) is 19.3 Å². The number of likely N-dealkylation sites (tertiary alicyclic amines) is 1. The third kappa shape index (κ3) is 3.83. The minimum absolute atomic E-state index is 0.181. The first kappa shape index (κ1) is 18.2. The summed E-state index contributed by atoms with van der Waals surface area (Å²) in [5.41, 5.74) is 1.26. The van der Waals surface area contributed by atoms with Crippen LogP contribution in [0.15, 0.2) is 22.6 Å². The Labute approximate surface area is 152 Å². The second-order valence-electron chi connectivity index (χ2n) is 6.44. The van der Waals surface area contributed by atoms with Gasteiger partial charge in [0.1, 0.15) is 0 Å². The van der Waals surface area contributed by atoms with Crippen molar-refractivity contribution >= 4 is 38.5 Å². The maximum atomic E-state index is 13.0. The summed E-state index contributed by atoms with van der Waals surface area (Å²) in [6, 6.07) is 5.23. The van der Waals surface area contributed by atoms with Gasteiger partial charge in [0.15, 0.2) is 11.3 Å². The average Bonchev–Trinajstić information content (AvgIpc) is 2.90. The number of rotatable bonds is 4. The van der Waals surface area contributed by atoms with E-state index in [9.17, 15) is 13.2 Å². The van der Waals surface area contributed by atoms with Gasteiger partial charge in [-0.25, -0.2) is 13.1 Å². The summed E-state index contributed by atoms with van der Waals surface area (Å²) in [5, 5.41) is 1.28. The fourth-order valence-electron chi connectivity index (χ4n) is 3.27. The van der Waals surface area contributed by atoms with E-state index in [4.69, 9.17) is 16.0 Å². The summed E-state index contributed by atoms with van der Waals surface area (Å²) >= 11 is 6.17. The number of sulfonamides is 1. The monoisotopic (exact) mass is 384 g/mol. The molecule has 1 aromatic carbocycles. The molecule has 0 saturated carbocycles. The van der Waals surface area contributed by atoms with Gasteiger partial charge in [0.25, 0.3) is 5.91 Å². The Bertz CT molecular complexity index is 907. The zero-order valence-corrected chi connectivity index (χ0v) is 15.8. The number of halogens is 1. The fourth-order valence-corrected chi connectivity index (χ4v) is 3.98. The normalized spacial score (nSPS) is 18.7. The van der Waals surface area contributed by atoms with Crippen molar-refractivity contribution in [3.63, 3.8) is 0 Å². The Morgan fingerprint density at radius 1 is 1.40 bits per heavy atom. The van der Waals surface area contributed by atoms with Crippen LogP contribution in [0.25, 0.3) is 11.0 Å². The molecule has 3 rings (SSSR count). The van der Waals surface area contributed by atoms with Crippen LogP contribution in [0.5, 0.6) is 0 Å². The molecule has 0 radical (unpaired) electrons. The molecule has 8 heteroatoms. The molecule has 0 bridgehead atoms. The largest absolute Gasteiger partial charge is 0.449 e. The van der Waals surface area contributed by atoms with Crippen molar-refractivity contribution in [1.29, 1.82) is 0 Å². The third-order valence-electron chi connectivity index (χ3n) is 4.58. The quantitative estimate of drug-likeness (QED) is 0.878. The van der Waals surface area contributed by atoms with Crippen molar-refractivity contribution in [3.8, 4) is 0 Å². The van der Waals surface area contributed by atoms with Gasteiger partial charge in [0.2, 0.25) is 10.0 Å². The number of hydrogen-bond acceptors (Lipinski definition) is 4. The highest BCUT2D eigenvalue weighted by molar-refractivity contribution is 7.88. The van der Waals surface area contributed by atoms with E-state index in [0.717, 1.165) is 36.5 Å². The van der Waals surface area contributed by atoms with Crippen molar-refractivity contribution in [2.45, 2.75) is 32.2 Å². The number of aryl methyl sites for hydroxylation is 1. The summed E-state index contributed by atoms with van der Waals surface area (Å²) in [5.74, 6) is 0.0547. The second kappa shape index (κ2) is 6.97. The summed E-state index contributed by atoms with van der Waals surface area (Å²) in [4.78, 5) is 14.8. The topological polar surface area (TPSA) is 79.6 Å². The Balaban J connectivity index is 1.90. The number of para-hydroxylation sites is 1. The van der Waals surface area contributed by atoms with Crippen LogP contribution in [0.1, 0.15) is 35.4 Å². The molecule has 1 atom stereocenters. The number of carbonyl (C=O) groups excluding carboxylic acids is 1. The minimum Gasteiger partial charge on any atom is -0.449 e. The standard InChI is InChI=1S/C17H21ClN2O4S/c1-11-13-7-5-8-14(18)16(13)24-15(11)17(21)20-9-4-3-6-12(20)10-19-25(2,22)23/h5,7-8,12,19H,3-4,6,9-10H2,1-2H3. The van der Waals surface area contributed by atoms with Crippen molar-refractivity contribution in [3.05, 3.63) is 34.5 Å². The van der Waals surface area contributed by atoms with Crippen molar-refractivity contribution in [1.82, 2.24) is 9.62 Å². The zero-order valence-electron chi connectivity index (χ0n) is 14.2. The van der Waals surface area contributed by atoms with Gasteiger partial charge >= 0.3 is 0 Å². The predicted molar refractivity (Wildman–Crippen MR) is 97.5 cm³/mol. The van der Waals surface area contributed by atoms with Crippen LogP contribution in [-0.2, 0) is 10.0 Å². The smallest absolute Gasteiger partial charge is 0.290 e.